The quantitative estimate of drug-likeness (QED) is 0.761. The van der Waals surface area contributed by atoms with Crippen LogP contribution in [0, 0.1) is 12.7 Å². The number of nitrogens with one attached hydrogen (secondary N) is 2. The van der Waals surface area contributed by atoms with Gasteiger partial charge in [0.2, 0.25) is 15.9 Å². The fourth-order valence-electron chi connectivity index (χ4n) is 1.94. The number of hydrogen-bond acceptors (Lipinski definition) is 3. The summed E-state index contributed by atoms with van der Waals surface area (Å²) >= 11 is 3.23. The molecule has 0 heterocycles. The minimum absolute atomic E-state index is 0.0794. The van der Waals surface area contributed by atoms with Crippen LogP contribution in [0.15, 0.2) is 51.8 Å². The van der Waals surface area contributed by atoms with Crippen LogP contribution in [0.3, 0.4) is 0 Å². The van der Waals surface area contributed by atoms with Gasteiger partial charge in [-0.1, -0.05) is 22.0 Å². The van der Waals surface area contributed by atoms with Crippen LogP contribution in [-0.4, -0.2) is 20.9 Å². The number of hydrogen-bond donors (Lipinski definition) is 2. The lowest BCUT2D eigenvalue weighted by Gasteiger charge is -2.09. The van der Waals surface area contributed by atoms with Crippen LogP contribution in [-0.2, 0) is 14.8 Å². The zero-order valence-electron chi connectivity index (χ0n) is 12.8. The molecule has 2 N–H and O–H groups in total. The number of rotatable bonds is 6. The van der Waals surface area contributed by atoms with E-state index in [4.69, 9.17) is 0 Å². The fourth-order valence-corrected chi connectivity index (χ4v) is 3.24. The van der Waals surface area contributed by atoms with Gasteiger partial charge in [0.05, 0.1) is 10.6 Å². The van der Waals surface area contributed by atoms with Crippen LogP contribution in [0.2, 0.25) is 0 Å². The fraction of sp³-hybridized carbons (Fsp3) is 0.188. The van der Waals surface area contributed by atoms with Crippen molar-refractivity contribution in [3.05, 3.63) is 58.3 Å². The first-order valence-corrected chi connectivity index (χ1v) is 9.37. The highest BCUT2D eigenvalue weighted by Crippen LogP contribution is 2.16. The second-order valence-electron chi connectivity index (χ2n) is 5.13. The number of benzene rings is 2. The predicted octanol–water partition coefficient (Wildman–Crippen LogP) is 3.20. The topological polar surface area (TPSA) is 75.3 Å². The minimum atomic E-state index is -3.69. The Hall–Kier alpha value is -1.77. The molecule has 0 spiro atoms. The summed E-state index contributed by atoms with van der Waals surface area (Å²) in [7, 11) is -3.69. The number of sulfonamides is 1. The zero-order chi connectivity index (χ0) is 17.7. The summed E-state index contributed by atoms with van der Waals surface area (Å²) < 4.78 is 40.8. The minimum Gasteiger partial charge on any atom is -0.324 e. The second kappa shape index (κ2) is 7.87. The number of anilines is 1. The molecule has 0 saturated heterocycles. The molecule has 24 heavy (non-hydrogen) atoms. The number of amides is 1. The molecule has 0 aliphatic rings. The van der Waals surface area contributed by atoms with Crippen molar-refractivity contribution in [1.29, 1.82) is 0 Å². The summed E-state index contributed by atoms with van der Waals surface area (Å²) in [5.41, 5.74) is 0.887. The van der Waals surface area contributed by atoms with Gasteiger partial charge in [0, 0.05) is 17.4 Å². The number of carbonyl (C=O) groups excluding carboxylic acids is 1. The maximum atomic E-state index is 13.6. The van der Waals surface area contributed by atoms with Crippen LogP contribution in [0.25, 0.3) is 0 Å². The van der Waals surface area contributed by atoms with Gasteiger partial charge in [-0.3, -0.25) is 4.79 Å². The van der Waals surface area contributed by atoms with Crippen molar-refractivity contribution < 1.29 is 17.6 Å². The maximum Gasteiger partial charge on any atom is 0.240 e. The average Bonchev–Trinajstić information content (AvgIpc) is 2.51. The van der Waals surface area contributed by atoms with E-state index < -0.39 is 21.7 Å². The first kappa shape index (κ1) is 18.6. The lowest BCUT2D eigenvalue weighted by molar-refractivity contribution is -0.116. The standard InChI is InChI=1S/C16H16BrFN2O3S/c1-11-2-7-14(18)15(10-11)20-16(21)8-9-19-24(22,23)13-5-3-12(17)4-6-13/h2-7,10,19H,8-9H2,1H3,(H,20,21). The molecule has 5 nitrogen and oxygen atoms in total. The van der Waals surface area contributed by atoms with Gasteiger partial charge in [-0.05, 0) is 48.9 Å². The Balaban J connectivity index is 1.90. The van der Waals surface area contributed by atoms with Crippen LogP contribution >= 0.6 is 15.9 Å². The summed E-state index contributed by atoms with van der Waals surface area (Å²) in [4.78, 5) is 11.9. The van der Waals surface area contributed by atoms with Gasteiger partial charge >= 0.3 is 0 Å². The second-order valence-corrected chi connectivity index (χ2v) is 7.82. The summed E-state index contributed by atoms with van der Waals surface area (Å²) in [6, 6.07) is 10.5. The lowest BCUT2D eigenvalue weighted by atomic mass is 10.2. The van der Waals surface area contributed by atoms with Crippen molar-refractivity contribution >= 4 is 37.5 Å². The third-order valence-electron chi connectivity index (χ3n) is 3.16. The molecule has 0 bridgehead atoms. The SMILES string of the molecule is Cc1ccc(F)c(NC(=O)CCNS(=O)(=O)c2ccc(Br)cc2)c1. The molecule has 2 rings (SSSR count). The molecule has 0 atom stereocenters. The van der Waals surface area contributed by atoms with Crippen molar-refractivity contribution in [3.8, 4) is 0 Å². The van der Waals surface area contributed by atoms with E-state index in [1.807, 2.05) is 0 Å². The van der Waals surface area contributed by atoms with Crippen LogP contribution < -0.4 is 10.0 Å². The first-order valence-electron chi connectivity index (χ1n) is 7.09. The summed E-state index contributed by atoms with van der Waals surface area (Å²) in [6.45, 7) is 1.69. The Morgan fingerprint density at radius 3 is 2.50 bits per heavy atom. The van der Waals surface area contributed by atoms with E-state index in [0.29, 0.717) is 0 Å². The smallest absolute Gasteiger partial charge is 0.240 e. The number of halogens is 2. The highest BCUT2D eigenvalue weighted by atomic mass is 79.9. The lowest BCUT2D eigenvalue weighted by Crippen LogP contribution is -2.28. The van der Waals surface area contributed by atoms with Crippen LogP contribution in [0.1, 0.15) is 12.0 Å². The normalized spacial score (nSPS) is 11.3. The molecule has 1 amide bonds. The highest BCUT2D eigenvalue weighted by molar-refractivity contribution is 9.10. The van der Waals surface area contributed by atoms with Gasteiger partial charge in [0.25, 0.3) is 0 Å². The summed E-state index contributed by atoms with van der Waals surface area (Å²) in [5.74, 6) is -1.01. The molecule has 2 aromatic rings. The molecular weight excluding hydrogens is 399 g/mol. The monoisotopic (exact) mass is 414 g/mol. The Morgan fingerprint density at radius 1 is 1.17 bits per heavy atom. The average molecular weight is 415 g/mol. The molecule has 0 aromatic heterocycles. The van der Waals surface area contributed by atoms with Gasteiger partial charge in [-0.2, -0.15) is 0 Å². The molecule has 0 fully saturated rings. The molecular formula is C16H16BrFN2O3S. The number of carbonyl (C=O) groups is 1. The van der Waals surface area contributed by atoms with E-state index in [1.54, 1.807) is 25.1 Å². The van der Waals surface area contributed by atoms with Crippen molar-refractivity contribution in [2.75, 3.05) is 11.9 Å². The van der Waals surface area contributed by atoms with E-state index in [9.17, 15) is 17.6 Å². The Bertz CT molecular complexity index is 839. The molecule has 0 aliphatic heterocycles. The van der Waals surface area contributed by atoms with Gasteiger partial charge < -0.3 is 5.32 Å². The highest BCUT2D eigenvalue weighted by Gasteiger charge is 2.14. The molecule has 0 saturated carbocycles. The van der Waals surface area contributed by atoms with E-state index in [1.165, 1.54) is 24.3 Å². The van der Waals surface area contributed by atoms with E-state index in [0.717, 1.165) is 10.0 Å². The third kappa shape index (κ3) is 5.12. The zero-order valence-corrected chi connectivity index (χ0v) is 15.2. The third-order valence-corrected chi connectivity index (χ3v) is 5.17. The maximum absolute atomic E-state index is 13.6. The molecule has 0 unspecified atom stereocenters. The molecule has 8 heteroatoms. The van der Waals surface area contributed by atoms with Gasteiger partial charge in [0.15, 0.2) is 0 Å². The Morgan fingerprint density at radius 2 is 1.83 bits per heavy atom. The van der Waals surface area contributed by atoms with E-state index in [2.05, 4.69) is 26.0 Å². The van der Waals surface area contributed by atoms with Crippen LogP contribution in [0.4, 0.5) is 10.1 Å². The largest absolute Gasteiger partial charge is 0.324 e. The number of aryl methyl sites for hydroxylation is 1. The molecule has 0 radical (unpaired) electrons. The molecule has 128 valence electrons. The predicted molar refractivity (Wildman–Crippen MR) is 93.7 cm³/mol. The Kier molecular flexibility index (Phi) is 6.09. The first-order chi connectivity index (χ1) is 11.3. The van der Waals surface area contributed by atoms with Crippen LogP contribution in [0.5, 0.6) is 0 Å². The van der Waals surface area contributed by atoms with E-state index in [-0.39, 0.29) is 23.5 Å². The Labute approximate surface area is 148 Å². The van der Waals surface area contributed by atoms with E-state index >= 15 is 0 Å². The van der Waals surface area contributed by atoms with Crippen molar-refractivity contribution in [2.24, 2.45) is 0 Å². The van der Waals surface area contributed by atoms with Crippen molar-refractivity contribution in [3.63, 3.8) is 0 Å². The molecule has 2 aromatic carbocycles. The van der Waals surface area contributed by atoms with Gasteiger partial charge in [-0.25, -0.2) is 17.5 Å². The van der Waals surface area contributed by atoms with Gasteiger partial charge in [-0.15, -0.1) is 0 Å². The van der Waals surface area contributed by atoms with Gasteiger partial charge in [0.1, 0.15) is 5.82 Å². The summed E-state index contributed by atoms with van der Waals surface area (Å²) in [6.07, 6.45) is -0.108. The van der Waals surface area contributed by atoms with Crippen molar-refractivity contribution in [1.82, 2.24) is 4.72 Å². The van der Waals surface area contributed by atoms with Crippen molar-refractivity contribution in [2.45, 2.75) is 18.2 Å². The summed E-state index contributed by atoms with van der Waals surface area (Å²) in [5, 5.41) is 2.43. The molecule has 0 aliphatic carbocycles.